The number of halogens is 3. The first-order valence-corrected chi connectivity index (χ1v) is 11.3. The van der Waals surface area contributed by atoms with E-state index in [1.54, 1.807) is 0 Å². The van der Waals surface area contributed by atoms with E-state index in [2.05, 4.69) is 55.1 Å². The molecule has 3 nitrogen and oxygen atoms in total. The number of alkyl halides is 2. The molecule has 7 heteroatoms. The molecule has 2 N–H and O–H groups in total. The zero-order valence-corrected chi connectivity index (χ0v) is 17.3. The van der Waals surface area contributed by atoms with Crippen molar-refractivity contribution in [3.8, 4) is 0 Å². The van der Waals surface area contributed by atoms with Gasteiger partial charge in [0, 0.05) is 35.4 Å². The van der Waals surface area contributed by atoms with Gasteiger partial charge in [-0.2, -0.15) is 10.2 Å². The number of hydrogen-bond acceptors (Lipinski definition) is 2. The van der Waals surface area contributed by atoms with Crippen LogP contribution in [0.25, 0.3) is 11.8 Å². The second-order valence-corrected chi connectivity index (χ2v) is 10.6. The predicted molar refractivity (Wildman–Crippen MR) is 113 cm³/mol. The monoisotopic (exact) mass is 409 g/mol. The van der Waals surface area contributed by atoms with Crippen molar-refractivity contribution < 1.29 is 13.2 Å². The first-order valence-electron chi connectivity index (χ1n) is 9.11. The number of rotatable bonds is 5. The number of aryl methyl sites for hydroxylation is 1. The van der Waals surface area contributed by atoms with E-state index in [4.69, 9.17) is 0 Å². The summed E-state index contributed by atoms with van der Waals surface area (Å²) >= 11 is 0. The lowest BCUT2D eigenvalue weighted by molar-refractivity contribution is 0.146. The van der Waals surface area contributed by atoms with Gasteiger partial charge in [0.1, 0.15) is 5.82 Å². The molecule has 0 radical (unpaired) electrons. The zero-order chi connectivity index (χ0) is 20.6. The first kappa shape index (κ1) is 20.6. The highest BCUT2D eigenvalue weighted by atomic mass is 32.3. The van der Waals surface area contributed by atoms with Gasteiger partial charge in [-0.3, -0.25) is 4.72 Å². The van der Waals surface area contributed by atoms with Crippen molar-refractivity contribution in [2.24, 2.45) is 7.05 Å². The van der Waals surface area contributed by atoms with Gasteiger partial charge < -0.3 is 9.88 Å². The van der Waals surface area contributed by atoms with Crippen LogP contribution in [0, 0.1) is 5.82 Å². The van der Waals surface area contributed by atoms with E-state index < -0.39 is 28.0 Å². The van der Waals surface area contributed by atoms with Gasteiger partial charge in [0.25, 0.3) is 6.43 Å². The van der Waals surface area contributed by atoms with Gasteiger partial charge in [-0.25, -0.2) is 13.2 Å². The van der Waals surface area contributed by atoms with E-state index in [-0.39, 0.29) is 6.04 Å². The van der Waals surface area contributed by atoms with Crippen LogP contribution in [0.4, 0.5) is 18.9 Å². The molecule has 2 atom stereocenters. The molecule has 1 aliphatic rings. The lowest BCUT2D eigenvalue weighted by Crippen LogP contribution is -2.28. The number of anilines is 1. The van der Waals surface area contributed by atoms with Gasteiger partial charge in [-0.05, 0) is 37.1 Å². The number of benzene rings is 1. The first-order chi connectivity index (χ1) is 13.2. The van der Waals surface area contributed by atoms with Crippen molar-refractivity contribution in [2.45, 2.75) is 31.2 Å². The third kappa shape index (κ3) is 3.73. The molecule has 0 fully saturated rings. The number of hydrogen-bond donors (Lipinski definition) is 2. The van der Waals surface area contributed by atoms with Gasteiger partial charge in [0.15, 0.2) is 0 Å². The molecule has 28 heavy (non-hydrogen) atoms. The van der Waals surface area contributed by atoms with Gasteiger partial charge >= 0.3 is 0 Å². The van der Waals surface area contributed by atoms with Crippen molar-refractivity contribution in [2.75, 3.05) is 17.3 Å². The molecule has 2 aromatic rings. The molecule has 1 aliphatic heterocycles. The van der Waals surface area contributed by atoms with Gasteiger partial charge in [-0.15, -0.1) is 0 Å². The van der Waals surface area contributed by atoms with Crippen LogP contribution in [0.1, 0.15) is 37.1 Å². The van der Waals surface area contributed by atoms with E-state index in [9.17, 15) is 13.2 Å². The number of fused-ring (bicyclic) bond motifs is 1. The summed E-state index contributed by atoms with van der Waals surface area (Å²) in [7, 11) is 0.738. The molecule has 3 rings (SSSR count). The highest BCUT2D eigenvalue weighted by Gasteiger charge is 2.29. The highest BCUT2D eigenvalue weighted by Crippen LogP contribution is 2.53. The SMILES string of the molecule is C=C(Nc1ccc(F)c(C(F)F)c1)c1c2c(cn1C)S(C)(CC)NC(C)C=C2. The van der Waals surface area contributed by atoms with Crippen LogP contribution in [0.15, 0.2) is 41.9 Å². The Balaban J connectivity index is 2.00. The molecule has 0 spiro atoms. The van der Waals surface area contributed by atoms with Crippen molar-refractivity contribution in [3.63, 3.8) is 0 Å². The molecular formula is C21H26F3N3S. The van der Waals surface area contributed by atoms with Crippen LogP contribution >= 0.6 is 10.2 Å². The lowest BCUT2D eigenvalue weighted by Gasteiger charge is -2.37. The second kappa shape index (κ2) is 7.72. The fraction of sp³-hybridized carbons (Fsp3) is 0.333. The normalized spacial score (nSPS) is 23.8. The molecule has 0 saturated heterocycles. The maximum absolute atomic E-state index is 13.6. The average molecular weight is 410 g/mol. The largest absolute Gasteiger partial charge is 0.354 e. The molecule has 2 unspecified atom stereocenters. The molecule has 0 bridgehead atoms. The van der Waals surface area contributed by atoms with E-state index in [1.807, 2.05) is 11.6 Å². The summed E-state index contributed by atoms with van der Waals surface area (Å²) in [6.45, 7) is 8.42. The molecule has 1 aromatic carbocycles. The average Bonchev–Trinajstić information content (AvgIpc) is 2.92. The molecule has 0 aliphatic carbocycles. The fourth-order valence-corrected chi connectivity index (χ4v) is 6.07. The summed E-state index contributed by atoms with van der Waals surface area (Å²) in [6.07, 6.45) is 5.71. The minimum absolute atomic E-state index is 0.248. The Hall–Kier alpha value is -2.12. The minimum Gasteiger partial charge on any atom is -0.354 e. The topological polar surface area (TPSA) is 29.0 Å². The molecule has 152 valence electrons. The Morgan fingerprint density at radius 3 is 2.75 bits per heavy atom. The maximum atomic E-state index is 13.6. The van der Waals surface area contributed by atoms with E-state index in [1.165, 1.54) is 11.0 Å². The third-order valence-corrected chi connectivity index (χ3v) is 8.40. The van der Waals surface area contributed by atoms with Crippen molar-refractivity contribution in [1.29, 1.82) is 0 Å². The second-order valence-electron chi connectivity index (χ2n) is 7.15. The van der Waals surface area contributed by atoms with Crippen LogP contribution in [-0.4, -0.2) is 22.6 Å². The Morgan fingerprint density at radius 2 is 2.11 bits per heavy atom. The van der Waals surface area contributed by atoms with Gasteiger partial charge in [0.2, 0.25) is 0 Å². The molecule has 2 heterocycles. The van der Waals surface area contributed by atoms with Gasteiger partial charge in [0.05, 0.1) is 17.0 Å². The quantitative estimate of drug-likeness (QED) is 0.642. The molecule has 0 saturated carbocycles. The van der Waals surface area contributed by atoms with Crippen LogP contribution in [0.3, 0.4) is 0 Å². The predicted octanol–water partition coefficient (Wildman–Crippen LogP) is 5.92. The molecule has 1 aromatic heterocycles. The van der Waals surface area contributed by atoms with Crippen LogP contribution in [-0.2, 0) is 7.05 Å². The Bertz CT molecular complexity index is 935. The number of aromatic nitrogens is 1. The van der Waals surface area contributed by atoms with Crippen LogP contribution < -0.4 is 10.0 Å². The molecular weight excluding hydrogens is 383 g/mol. The van der Waals surface area contributed by atoms with E-state index in [0.29, 0.717) is 11.4 Å². The van der Waals surface area contributed by atoms with E-state index >= 15 is 0 Å². The third-order valence-electron chi connectivity index (χ3n) is 5.06. The number of nitrogens with one attached hydrogen (secondary N) is 2. The van der Waals surface area contributed by atoms with Crippen LogP contribution in [0.5, 0.6) is 0 Å². The summed E-state index contributed by atoms with van der Waals surface area (Å²) in [5.74, 6) is 0.0784. The summed E-state index contributed by atoms with van der Waals surface area (Å²) in [6, 6.07) is 3.87. The van der Waals surface area contributed by atoms with Crippen LogP contribution in [0.2, 0.25) is 0 Å². The standard InChI is InChI=1S/C21H26F3N3S/c1-6-28(5)19-12-27(4)20(16(19)9-7-13(2)26-28)14(3)25-15-8-10-18(22)17(11-15)21(23)24/h7-13,21,25-26H,3,6H2,1-2,4-5H3. The maximum Gasteiger partial charge on any atom is 0.266 e. The Labute approximate surface area is 165 Å². The smallest absolute Gasteiger partial charge is 0.266 e. The highest BCUT2D eigenvalue weighted by molar-refractivity contribution is 8.31. The minimum atomic E-state index is -2.87. The molecule has 0 amide bonds. The van der Waals surface area contributed by atoms with Crippen molar-refractivity contribution in [1.82, 2.24) is 9.29 Å². The number of nitrogens with zero attached hydrogens (tertiary/aromatic N) is 1. The zero-order valence-electron chi connectivity index (χ0n) is 16.5. The van der Waals surface area contributed by atoms with E-state index in [0.717, 1.165) is 29.1 Å². The fourth-order valence-electron chi connectivity index (χ4n) is 3.53. The summed E-state index contributed by atoms with van der Waals surface area (Å²) < 4.78 is 45.3. The van der Waals surface area contributed by atoms with Gasteiger partial charge in [-0.1, -0.05) is 25.7 Å². The van der Waals surface area contributed by atoms with Crippen molar-refractivity contribution in [3.05, 3.63) is 59.7 Å². The Kier molecular flexibility index (Phi) is 5.68. The Morgan fingerprint density at radius 1 is 1.39 bits per heavy atom. The summed E-state index contributed by atoms with van der Waals surface area (Å²) in [5.41, 5.74) is 2.30. The lowest BCUT2D eigenvalue weighted by atomic mass is 10.1. The van der Waals surface area contributed by atoms with Crippen molar-refractivity contribution >= 4 is 27.7 Å². The summed E-state index contributed by atoms with van der Waals surface area (Å²) in [4.78, 5) is 1.24. The summed E-state index contributed by atoms with van der Waals surface area (Å²) in [5, 5.41) is 3.07.